The quantitative estimate of drug-likeness (QED) is 0.0246. The molecule has 1 amide bonds. The second-order valence-corrected chi connectivity index (χ2v) is 17.8. The van der Waals surface area contributed by atoms with Crippen molar-refractivity contribution >= 4 is 13.7 Å². The molecule has 334 valence electrons. The summed E-state index contributed by atoms with van der Waals surface area (Å²) >= 11 is 0. The van der Waals surface area contributed by atoms with Crippen LogP contribution in [0.4, 0.5) is 0 Å². The Hall–Kier alpha value is -2.32. The molecule has 0 radical (unpaired) electrons. The number of phosphoric ester groups is 1. The minimum Gasteiger partial charge on any atom is -0.387 e. The molecule has 0 saturated heterocycles. The number of carbonyl (C=O) groups excluding carboxylic acids is 1. The van der Waals surface area contributed by atoms with E-state index in [9.17, 15) is 19.4 Å². The van der Waals surface area contributed by atoms with Crippen molar-refractivity contribution in [2.45, 2.75) is 180 Å². The first-order chi connectivity index (χ1) is 28.0. The number of aliphatic hydroxyl groups is 1. The van der Waals surface area contributed by atoms with Crippen molar-refractivity contribution in [1.29, 1.82) is 0 Å². The zero-order valence-corrected chi connectivity index (χ0v) is 38.6. The Kier molecular flexibility index (Phi) is 38.5. The summed E-state index contributed by atoms with van der Waals surface area (Å²) in [6.45, 7) is 4.60. The molecule has 3 N–H and O–H groups in total. The van der Waals surface area contributed by atoms with Gasteiger partial charge in [-0.25, -0.2) is 4.57 Å². The van der Waals surface area contributed by atoms with Crippen LogP contribution in [0.15, 0.2) is 85.1 Å². The third kappa shape index (κ3) is 41.8. The van der Waals surface area contributed by atoms with E-state index < -0.39 is 20.0 Å². The average molecular weight is 832 g/mol. The molecule has 8 nitrogen and oxygen atoms in total. The number of phosphoric acid groups is 1. The van der Waals surface area contributed by atoms with Gasteiger partial charge in [0.25, 0.3) is 0 Å². The Balaban J connectivity index is 4.20. The molecule has 58 heavy (non-hydrogen) atoms. The molecule has 0 aliphatic carbocycles. The first kappa shape index (κ1) is 55.7. The Morgan fingerprint density at radius 2 is 1.05 bits per heavy atom. The zero-order chi connectivity index (χ0) is 42.8. The van der Waals surface area contributed by atoms with Gasteiger partial charge in [0.2, 0.25) is 5.91 Å². The molecule has 0 fully saturated rings. The molecule has 3 unspecified atom stereocenters. The third-order valence-electron chi connectivity index (χ3n) is 9.60. The van der Waals surface area contributed by atoms with E-state index in [0.717, 1.165) is 70.6 Å². The number of quaternary nitrogens is 1. The van der Waals surface area contributed by atoms with Crippen LogP contribution in [0.3, 0.4) is 0 Å². The molecule has 0 aliphatic rings. The van der Waals surface area contributed by atoms with Crippen molar-refractivity contribution in [1.82, 2.24) is 5.32 Å². The van der Waals surface area contributed by atoms with E-state index in [-0.39, 0.29) is 19.1 Å². The van der Waals surface area contributed by atoms with E-state index in [2.05, 4.69) is 92.1 Å². The van der Waals surface area contributed by atoms with E-state index in [1.54, 1.807) is 6.08 Å². The van der Waals surface area contributed by atoms with Crippen LogP contribution in [-0.4, -0.2) is 73.4 Å². The lowest BCUT2D eigenvalue weighted by Gasteiger charge is -2.25. The maximum absolute atomic E-state index is 12.8. The van der Waals surface area contributed by atoms with E-state index in [0.29, 0.717) is 17.4 Å². The minimum atomic E-state index is -4.34. The molecule has 0 bridgehead atoms. The van der Waals surface area contributed by atoms with Gasteiger partial charge in [-0.1, -0.05) is 170 Å². The largest absolute Gasteiger partial charge is 0.472 e. The Morgan fingerprint density at radius 1 is 0.603 bits per heavy atom. The Morgan fingerprint density at radius 3 is 1.59 bits per heavy atom. The number of carbonyl (C=O) groups is 1. The molecule has 0 aliphatic heterocycles. The smallest absolute Gasteiger partial charge is 0.387 e. The van der Waals surface area contributed by atoms with Crippen LogP contribution in [0.5, 0.6) is 0 Å². The van der Waals surface area contributed by atoms with Crippen LogP contribution in [0.1, 0.15) is 168 Å². The highest BCUT2D eigenvalue weighted by atomic mass is 31.2. The van der Waals surface area contributed by atoms with Crippen LogP contribution in [0, 0.1) is 0 Å². The van der Waals surface area contributed by atoms with Crippen LogP contribution < -0.4 is 5.32 Å². The van der Waals surface area contributed by atoms with E-state index >= 15 is 0 Å². The second-order valence-electron chi connectivity index (χ2n) is 16.4. The summed E-state index contributed by atoms with van der Waals surface area (Å²) in [7, 11) is 1.54. The number of rotatable bonds is 40. The molecule has 3 atom stereocenters. The summed E-state index contributed by atoms with van der Waals surface area (Å²) in [4.78, 5) is 23.1. The minimum absolute atomic E-state index is 0.0513. The number of unbranched alkanes of at least 4 members (excludes halogenated alkanes) is 15. The van der Waals surface area contributed by atoms with Gasteiger partial charge in [-0.15, -0.1) is 0 Å². The molecule has 0 aromatic heterocycles. The number of hydrogen-bond acceptors (Lipinski definition) is 5. The highest BCUT2D eigenvalue weighted by Gasteiger charge is 2.27. The fourth-order valence-corrected chi connectivity index (χ4v) is 6.70. The first-order valence-corrected chi connectivity index (χ1v) is 24.5. The molecule has 0 aromatic rings. The number of likely N-dealkylation sites (N-methyl/N-ethyl adjacent to an activating group) is 1. The van der Waals surface area contributed by atoms with E-state index in [1.165, 1.54) is 77.0 Å². The van der Waals surface area contributed by atoms with Gasteiger partial charge in [0.05, 0.1) is 39.9 Å². The Bertz CT molecular complexity index is 1220. The van der Waals surface area contributed by atoms with Gasteiger partial charge in [-0.3, -0.25) is 13.8 Å². The van der Waals surface area contributed by atoms with Gasteiger partial charge < -0.3 is 19.8 Å². The summed E-state index contributed by atoms with van der Waals surface area (Å²) in [6, 6.07) is -0.867. The van der Waals surface area contributed by atoms with Crippen molar-refractivity contribution in [3.05, 3.63) is 85.1 Å². The van der Waals surface area contributed by atoms with Crippen LogP contribution >= 0.6 is 7.82 Å². The molecule has 0 spiro atoms. The van der Waals surface area contributed by atoms with Gasteiger partial charge in [0, 0.05) is 6.42 Å². The van der Waals surface area contributed by atoms with Crippen molar-refractivity contribution in [2.75, 3.05) is 40.9 Å². The highest BCUT2D eigenvalue weighted by Crippen LogP contribution is 2.43. The lowest BCUT2D eigenvalue weighted by Crippen LogP contribution is -2.45. The highest BCUT2D eigenvalue weighted by molar-refractivity contribution is 7.47. The maximum Gasteiger partial charge on any atom is 0.472 e. The molecule has 9 heteroatoms. The zero-order valence-electron chi connectivity index (χ0n) is 37.8. The van der Waals surface area contributed by atoms with Gasteiger partial charge in [-0.2, -0.15) is 0 Å². The predicted molar refractivity (Wildman–Crippen MR) is 249 cm³/mol. The number of amides is 1. The monoisotopic (exact) mass is 832 g/mol. The SMILES string of the molecule is CC/C=C\C/C=C\C/C=C\C/C=C\C/C=C\CCCCCCCCCCCCCC(=O)NC(COP(=O)(O)OCC[N+](C)(C)C)C(O)/C=C/CC/C=C/CCCCC. The van der Waals surface area contributed by atoms with Crippen LogP contribution in [-0.2, 0) is 18.4 Å². The molecule has 0 saturated carbocycles. The van der Waals surface area contributed by atoms with Gasteiger partial charge >= 0.3 is 7.82 Å². The summed E-state index contributed by atoms with van der Waals surface area (Å²) in [5.41, 5.74) is 0. The number of nitrogens with one attached hydrogen (secondary N) is 1. The van der Waals surface area contributed by atoms with Gasteiger partial charge in [-0.05, 0) is 77.0 Å². The molecule has 0 heterocycles. The number of aliphatic hydroxyl groups excluding tert-OH is 1. The molecule has 0 rings (SSSR count). The fraction of sp³-hybridized carbons (Fsp3) is 0.694. The lowest BCUT2D eigenvalue weighted by atomic mass is 10.0. The topological polar surface area (TPSA) is 105 Å². The predicted octanol–water partition coefficient (Wildman–Crippen LogP) is 13.0. The second kappa shape index (κ2) is 40.1. The van der Waals surface area contributed by atoms with Crippen molar-refractivity contribution in [3.63, 3.8) is 0 Å². The first-order valence-electron chi connectivity index (χ1n) is 23.0. The van der Waals surface area contributed by atoms with Gasteiger partial charge in [0.1, 0.15) is 13.2 Å². The molecular formula is C49H88N2O6P+. The van der Waals surface area contributed by atoms with Gasteiger partial charge in [0.15, 0.2) is 0 Å². The number of allylic oxidation sites excluding steroid dienone is 13. The van der Waals surface area contributed by atoms with Crippen LogP contribution in [0.25, 0.3) is 0 Å². The standard InChI is InChI=1S/C49H87N2O6P/c1-6-8-10-12-14-16-17-18-19-20-21-22-23-24-25-26-27-28-29-30-31-32-33-35-37-39-41-43-49(53)50-47(46-57-58(54,55)56-45-44-51(3,4)5)48(52)42-40-38-36-34-15-13-11-9-7-2/h8,10,14-16,18-19,21-22,24-25,34,40,42,47-48,52H,6-7,9,11-13,17,20,23,26-33,35-39,41,43-46H2,1-5H3,(H-,50,53,54,55)/p+1/b10-8-,16-14-,19-18-,22-21-,25-24-,34-15+,42-40+. The normalized spacial score (nSPS) is 15.1. The summed E-state index contributed by atoms with van der Waals surface area (Å²) in [5, 5.41) is 13.7. The van der Waals surface area contributed by atoms with Crippen LogP contribution in [0.2, 0.25) is 0 Å². The summed E-state index contributed by atoms with van der Waals surface area (Å²) < 4.78 is 23.5. The van der Waals surface area contributed by atoms with Crippen molar-refractivity contribution in [2.24, 2.45) is 0 Å². The summed E-state index contributed by atoms with van der Waals surface area (Å²) in [5.74, 6) is -0.198. The van der Waals surface area contributed by atoms with E-state index in [1.807, 2.05) is 27.2 Å². The van der Waals surface area contributed by atoms with E-state index in [4.69, 9.17) is 9.05 Å². The van der Waals surface area contributed by atoms with Crippen molar-refractivity contribution in [3.8, 4) is 0 Å². The number of hydrogen-bond donors (Lipinski definition) is 3. The average Bonchev–Trinajstić information content (AvgIpc) is 3.17. The maximum atomic E-state index is 12.8. The summed E-state index contributed by atoms with van der Waals surface area (Å²) in [6.07, 6.45) is 55.3. The fourth-order valence-electron chi connectivity index (χ4n) is 5.96. The molecular weight excluding hydrogens is 744 g/mol. The molecule has 0 aromatic carbocycles. The van der Waals surface area contributed by atoms with Crippen molar-refractivity contribution < 1.29 is 32.9 Å². The Labute approximate surface area is 356 Å². The number of nitrogens with zero attached hydrogens (tertiary/aromatic N) is 1. The third-order valence-corrected chi connectivity index (χ3v) is 10.6. The lowest BCUT2D eigenvalue weighted by molar-refractivity contribution is -0.870.